The van der Waals surface area contributed by atoms with Crippen molar-refractivity contribution in [2.24, 2.45) is 0 Å². The van der Waals surface area contributed by atoms with Crippen molar-refractivity contribution in [2.45, 2.75) is 10.5 Å². The number of rotatable bonds is 5. The fraction of sp³-hybridized carbons (Fsp3) is 0.0500. The van der Waals surface area contributed by atoms with Gasteiger partial charge >= 0.3 is 275 Å². The zero-order valence-electron chi connectivity index (χ0n) is 24.4. The Morgan fingerprint density at radius 3 is 1.93 bits per heavy atom. The Balaban J connectivity index is 1.35. The summed E-state index contributed by atoms with van der Waals surface area (Å²) in [6.45, 7) is 2.23. The van der Waals surface area contributed by atoms with Crippen molar-refractivity contribution in [2.75, 3.05) is 0 Å². The molecule has 6 aromatic carbocycles. The van der Waals surface area contributed by atoms with Gasteiger partial charge in [-0.05, 0) is 0 Å². The first-order valence-electron chi connectivity index (χ1n) is 15.2. The van der Waals surface area contributed by atoms with Gasteiger partial charge in [-0.1, -0.05) is 0 Å². The van der Waals surface area contributed by atoms with Crippen molar-refractivity contribution in [1.29, 1.82) is 0 Å². The van der Waals surface area contributed by atoms with Crippen LogP contribution in [0.4, 0.5) is 0 Å². The number of hydrogen-bond donors (Lipinski definition) is 0. The molecule has 0 aromatic heterocycles. The minimum atomic E-state index is -4.16. The number of aryl methyl sites for hydroxylation is 1. The second-order valence-corrected chi connectivity index (χ2v) is 27.7. The number of halogens is 2. The number of allylic oxidation sites excluding steroid dienone is 1. The summed E-state index contributed by atoms with van der Waals surface area (Å²) in [5.41, 5.74) is 13.9. The van der Waals surface area contributed by atoms with Gasteiger partial charge in [-0.2, -0.15) is 0 Å². The van der Waals surface area contributed by atoms with E-state index in [1.807, 2.05) is 0 Å². The summed E-state index contributed by atoms with van der Waals surface area (Å²) >= 11 is -4.16. The molecule has 1 heterocycles. The third-order valence-electron chi connectivity index (χ3n) is 9.37. The average Bonchev–Trinajstić information content (AvgIpc) is 3.65. The summed E-state index contributed by atoms with van der Waals surface area (Å²) in [4.78, 5) is 0. The van der Waals surface area contributed by atoms with E-state index in [1.165, 1.54) is 74.9 Å². The van der Waals surface area contributed by atoms with Gasteiger partial charge in [0.05, 0.1) is 0 Å². The van der Waals surface area contributed by atoms with Crippen LogP contribution in [0.5, 0.6) is 0 Å². The molecule has 1 aliphatic heterocycles. The average molecular weight is 701 g/mol. The van der Waals surface area contributed by atoms with Crippen LogP contribution in [0.25, 0.3) is 45.0 Å². The Morgan fingerprint density at radius 2 is 1.18 bits per heavy atom. The Morgan fingerprint density at radius 1 is 0.568 bits per heavy atom. The standard InChI is InChI=1S/C28H21.C12H9Si.2ClH.Zr/c1-20-16-17-23-18-24(21-10-4-2-5-11-21)19-27(23)28(20)26-15-9-8-14-25(26)22-12-6-3-7-13-22;1-3-7-11-9(5-1)10-6-2-4-8-12(10)13-11;;;/h2-19H,1H3;1-7H,13H2;2*1H;/q;;;;+2/p-2. The van der Waals surface area contributed by atoms with E-state index in [0.717, 1.165) is 0 Å². The molecule has 0 nitrogen and oxygen atoms in total. The summed E-state index contributed by atoms with van der Waals surface area (Å²) < 4.78 is 1.23. The zero-order chi connectivity index (χ0) is 29.8. The van der Waals surface area contributed by atoms with E-state index < -0.39 is 27.4 Å². The fourth-order valence-corrected chi connectivity index (χ4v) is 23.8. The van der Waals surface area contributed by atoms with E-state index in [-0.39, 0.29) is 3.63 Å². The van der Waals surface area contributed by atoms with Crippen LogP contribution in [-0.4, -0.2) is 9.52 Å². The van der Waals surface area contributed by atoms with E-state index >= 15 is 0 Å². The van der Waals surface area contributed by atoms with Crippen molar-refractivity contribution in [3.05, 3.63) is 162 Å². The van der Waals surface area contributed by atoms with Crippen LogP contribution in [0.3, 0.4) is 0 Å². The third-order valence-corrected chi connectivity index (χ3v) is 23.6. The number of hydrogen-bond acceptors (Lipinski definition) is 0. The van der Waals surface area contributed by atoms with Crippen molar-refractivity contribution < 1.29 is 17.9 Å². The molecule has 0 fully saturated rings. The minimum absolute atomic E-state index is 0.0301. The van der Waals surface area contributed by atoms with Gasteiger partial charge in [0.2, 0.25) is 0 Å². The first-order chi connectivity index (χ1) is 21.5. The second-order valence-electron chi connectivity index (χ2n) is 11.9. The molecule has 44 heavy (non-hydrogen) atoms. The van der Waals surface area contributed by atoms with Gasteiger partial charge in [-0.3, -0.25) is 0 Å². The Kier molecular flexibility index (Phi) is 7.23. The molecule has 1 unspecified atom stereocenters. The van der Waals surface area contributed by atoms with Crippen LogP contribution in [0.2, 0.25) is 0 Å². The Hall–Kier alpha value is -3.26. The first kappa shape index (κ1) is 28.2. The topological polar surface area (TPSA) is 0 Å². The van der Waals surface area contributed by atoms with Crippen LogP contribution in [-0.2, 0) is 17.9 Å². The molecule has 0 amide bonds. The molecule has 0 saturated heterocycles. The summed E-state index contributed by atoms with van der Waals surface area (Å²) in [7, 11) is 15.3. The van der Waals surface area contributed by atoms with Crippen LogP contribution in [0, 0.1) is 6.92 Å². The second kappa shape index (κ2) is 11.3. The third kappa shape index (κ3) is 4.58. The molecule has 0 saturated carbocycles. The van der Waals surface area contributed by atoms with Gasteiger partial charge in [0.25, 0.3) is 0 Å². The molecule has 6 aromatic rings. The van der Waals surface area contributed by atoms with Gasteiger partial charge < -0.3 is 0 Å². The van der Waals surface area contributed by atoms with Crippen LogP contribution >= 0.6 is 17.0 Å². The monoisotopic (exact) mass is 698 g/mol. The number of fused-ring (bicyclic) bond motifs is 4. The van der Waals surface area contributed by atoms with Gasteiger partial charge in [0.1, 0.15) is 0 Å². The molecule has 1 atom stereocenters. The van der Waals surface area contributed by atoms with Crippen molar-refractivity contribution in [3.8, 4) is 33.4 Å². The predicted octanol–water partition coefficient (Wildman–Crippen LogP) is 8.81. The van der Waals surface area contributed by atoms with Crippen molar-refractivity contribution in [1.82, 2.24) is 0 Å². The van der Waals surface area contributed by atoms with Crippen molar-refractivity contribution >= 4 is 51.8 Å². The SMILES string of the molecule is Cc1ccc2c(c1-c1ccccc1-c1ccccc1)C=C(c1ccccc1)[CH]2[Zr]([Cl])([Cl])[c]1cccc2c1[SiH2]c1ccccc1-2. The Labute approximate surface area is 273 Å². The van der Waals surface area contributed by atoms with Gasteiger partial charge in [-0.15, -0.1) is 0 Å². The normalized spacial score (nSPS) is 15.5. The fourth-order valence-electron chi connectivity index (χ4n) is 7.38. The summed E-state index contributed by atoms with van der Waals surface area (Å²) in [5.74, 6) is 0. The molecular formula is C40H30Cl2SiZr. The molecule has 0 radical (unpaired) electrons. The van der Waals surface area contributed by atoms with E-state index in [9.17, 15) is 0 Å². The first-order valence-corrected chi connectivity index (χ1v) is 25.6. The molecule has 0 spiro atoms. The predicted molar refractivity (Wildman–Crippen MR) is 190 cm³/mol. The molecule has 1 aliphatic carbocycles. The van der Waals surface area contributed by atoms with E-state index in [0.29, 0.717) is 0 Å². The molecule has 212 valence electrons. The van der Waals surface area contributed by atoms with E-state index in [2.05, 4.69) is 153 Å². The maximum atomic E-state index is 7.99. The van der Waals surface area contributed by atoms with E-state index in [4.69, 9.17) is 17.0 Å². The quantitative estimate of drug-likeness (QED) is 0.158. The van der Waals surface area contributed by atoms with Crippen LogP contribution < -0.4 is 13.6 Å². The summed E-state index contributed by atoms with van der Waals surface area (Å²) in [6.07, 6.45) is 2.41. The van der Waals surface area contributed by atoms with Crippen LogP contribution in [0.1, 0.15) is 25.9 Å². The summed E-state index contributed by atoms with van der Waals surface area (Å²) in [6, 6.07) is 50.4. The van der Waals surface area contributed by atoms with E-state index in [1.54, 1.807) is 0 Å². The summed E-state index contributed by atoms with van der Waals surface area (Å²) in [5, 5.41) is 2.95. The zero-order valence-corrected chi connectivity index (χ0v) is 29.8. The maximum absolute atomic E-state index is 7.99. The molecule has 8 rings (SSSR count). The van der Waals surface area contributed by atoms with Gasteiger partial charge in [-0.25, -0.2) is 0 Å². The van der Waals surface area contributed by atoms with Gasteiger partial charge in [0, 0.05) is 0 Å². The molecule has 0 bridgehead atoms. The van der Waals surface area contributed by atoms with Crippen molar-refractivity contribution in [3.63, 3.8) is 0 Å². The van der Waals surface area contributed by atoms with Crippen LogP contribution in [0.15, 0.2) is 140 Å². The molecule has 4 heteroatoms. The molecule has 2 aliphatic rings. The molecule has 0 N–H and O–H groups in total. The Bertz CT molecular complexity index is 2080. The van der Waals surface area contributed by atoms with Gasteiger partial charge in [0.15, 0.2) is 0 Å². The molecular weight excluding hydrogens is 671 g/mol. The number of benzene rings is 6.